The SMILES string of the molecule is O=C(O)C(OC1CCOCC1)(C(=O)Nc1ncc(Oc2ccc(CO)cc2)s1)c1ccc(S(=O)(=O)C2CC2)cc1. The van der Waals surface area contributed by atoms with Gasteiger partial charge in [-0.2, -0.15) is 0 Å². The molecule has 1 aromatic heterocycles. The number of carboxylic acid groups (broad SMARTS) is 1. The van der Waals surface area contributed by atoms with Gasteiger partial charge < -0.3 is 24.4 Å². The molecule has 2 heterocycles. The summed E-state index contributed by atoms with van der Waals surface area (Å²) in [5.74, 6) is -2.05. The second kappa shape index (κ2) is 11.6. The number of thiazole rings is 1. The van der Waals surface area contributed by atoms with Crippen LogP contribution in [0.15, 0.2) is 59.6 Å². The number of nitrogens with zero attached hydrogens (tertiary/aromatic N) is 1. The highest BCUT2D eigenvalue weighted by Gasteiger charge is 2.52. The fourth-order valence-corrected chi connectivity index (χ4v) is 6.69. The summed E-state index contributed by atoms with van der Waals surface area (Å²) in [6.45, 7) is 0.609. The van der Waals surface area contributed by atoms with Crippen LogP contribution in [-0.4, -0.2) is 60.1 Å². The Hall–Kier alpha value is -3.36. The zero-order valence-electron chi connectivity index (χ0n) is 21.3. The third-order valence-electron chi connectivity index (χ3n) is 6.71. The first kappa shape index (κ1) is 28.2. The van der Waals surface area contributed by atoms with E-state index >= 15 is 0 Å². The normalized spacial score (nSPS) is 17.6. The van der Waals surface area contributed by atoms with E-state index in [0.29, 0.717) is 49.7 Å². The number of benzene rings is 2. The number of aliphatic hydroxyl groups is 1. The monoisotopic (exact) mass is 588 g/mol. The molecular weight excluding hydrogens is 560 g/mol. The van der Waals surface area contributed by atoms with Crippen molar-refractivity contribution in [1.29, 1.82) is 0 Å². The standard InChI is InChI=1S/C27H28N2O9S2/c30-16-17-1-5-19(6-2-17)37-23-15-28-26(39-23)29-24(31)27(25(32)33,38-20-11-13-36-14-12-20)18-3-7-21(8-4-18)40(34,35)22-9-10-22/h1-8,15,20,22,30H,9-14,16H2,(H,32,33)(H,28,29,31). The number of rotatable bonds is 11. The molecule has 2 aromatic carbocycles. The number of carbonyl (C=O) groups is 2. The van der Waals surface area contributed by atoms with Gasteiger partial charge in [-0.1, -0.05) is 35.6 Å². The van der Waals surface area contributed by atoms with Crippen LogP contribution in [0, 0.1) is 0 Å². The van der Waals surface area contributed by atoms with Crippen LogP contribution >= 0.6 is 11.3 Å². The summed E-state index contributed by atoms with van der Waals surface area (Å²) < 4.78 is 42.5. The van der Waals surface area contributed by atoms with E-state index in [1.54, 1.807) is 24.3 Å². The third kappa shape index (κ3) is 5.88. The Kier molecular flexibility index (Phi) is 8.19. The van der Waals surface area contributed by atoms with Crippen molar-refractivity contribution in [3.63, 3.8) is 0 Å². The highest BCUT2D eigenvalue weighted by Crippen LogP contribution is 2.37. The number of hydrogen-bond donors (Lipinski definition) is 3. The summed E-state index contributed by atoms with van der Waals surface area (Å²) in [6, 6.07) is 12.0. The van der Waals surface area contributed by atoms with Gasteiger partial charge in [0.1, 0.15) is 5.75 Å². The van der Waals surface area contributed by atoms with Crippen LogP contribution in [0.4, 0.5) is 5.13 Å². The van der Waals surface area contributed by atoms with Crippen molar-refractivity contribution in [3.05, 3.63) is 65.9 Å². The van der Waals surface area contributed by atoms with Crippen LogP contribution in [-0.2, 0) is 41.1 Å². The number of aliphatic hydroxyl groups excluding tert-OH is 1. The van der Waals surface area contributed by atoms with E-state index in [1.165, 1.54) is 30.5 Å². The average molecular weight is 589 g/mol. The highest BCUT2D eigenvalue weighted by atomic mass is 32.2. The first-order chi connectivity index (χ1) is 19.2. The second-order valence-electron chi connectivity index (χ2n) is 9.53. The second-order valence-corrected chi connectivity index (χ2v) is 12.7. The molecule has 11 nitrogen and oxygen atoms in total. The van der Waals surface area contributed by atoms with Crippen LogP contribution in [0.25, 0.3) is 0 Å². The lowest BCUT2D eigenvalue weighted by molar-refractivity contribution is -0.186. The van der Waals surface area contributed by atoms with Crippen molar-refractivity contribution < 1.29 is 42.4 Å². The number of anilines is 1. The molecule has 0 spiro atoms. The molecule has 1 atom stereocenters. The predicted molar refractivity (Wildman–Crippen MR) is 144 cm³/mol. The van der Waals surface area contributed by atoms with Crippen LogP contribution < -0.4 is 10.1 Å². The molecule has 0 bridgehead atoms. The number of aromatic nitrogens is 1. The summed E-state index contributed by atoms with van der Waals surface area (Å²) in [5.41, 5.74) is -1.77. The minimum Gasteiger partial charge on any atom is -0.478 e. The molecule has 2 aliphatic rings. The van der Waals surface area contributed by atoms with Crippen molar-refractivity contribution in [2.24, 2.45) is 0 Å². The van der Waals surface area contributed by atoms with Crippen LogP contribution in [0.5, 0.6) is 10.8 Å². The molecule has 1 aliphatic carbocycles. The summed E-state index contributed by atoms with van der Waals surface area (Å²) in [4.78, 5) is 30.8. The smallest absolute Gasteiger partial charge is 0.350 e. The van der Waals surface area contributed by atoms with Crippen molar-refractivity contribution in [2.45, 2.75) is 54.1 Å². The lowest BCUT2D eigenvalue weighted by Crippen LogP contribution is -2.52. The molecule has 0 radical (unpaired) electrons. The lowest BCUT2D eigenvalue weighted by atomic mass is 9.91. The third-order valence-corrected chi connectivity index (χ3v) is 9.78. The molecule has 3 N–H and O–H groups in total. The van der Waals surface area contributed by atoms with Crippen molar-refractivity contribution >= 4 is 38.2 Å². The summed E-state index contributed by atoms with van der Waals surface area (Å²) >= 11 is 0.989. The van der Waals surface area contributed by atoms with Gasteiger partial charge in [-0.3, -0.25) is 10.1 Å². The number of carbonyl (C=O) groups excluding carboxylic acids is 1. The maximum Gasteiger partial charge on any atom is 0.350 e. The van der Waals surface area contributed by atoms with Gasteiger partial charge in [0.2, 0.25) is 5.06 Å². The molecule has 1 unspecified atom stereocenters. The minimum absolute atomic E-state index is 0.0178. The molecule has 5 rings (SSSR count). The molecule has 40 heavy (non-hydrogen) atoms. The van der Waals surface area contributed by atoms with Gasteiger partial charge in [-0.25, -0.2) is 18.2 Å². The van der Waals surface area contributed by atoms with E-state index in [1.807, 2.05) is 0 Å². The van der Waals surface area contributed by atoms with Crippen molar-refractivity contribution in [3.8, 4) is 10.8 Å². The van der Waals surface area contributed by atoms with Gasteiger partial charge in [-0.15, -0.1) is 0 Å². The quantitative estimate of drug-likeness (QED) is 0.283. The van der Waals surface area contributed by atoms with E-state index < -0.39 is 38.7 Å². The van der Waals surface area contributed by atoms with E-state index in [2.05, 4.69) is 10.3 Å². The fourth-order valence-electron chi connectivity index (χ4n) is 4.35. The molecule has 212 valence electrons. The number of sulfone groups is 1. The fraction of sp³-hybridized carbons (Fsp3) is 0.370. The number of hydrogen-bond acceptors (Lipinski definition) is 10. The van der Waals surface area contributed by atoms with Gasteiger partial charge in [0.25, 0.3) is 11.5 Å². The van der Waals surface area contributed by atoms with Crippen LogP contribution in [0.1, 0.15) is 36.8 Å². The molecule has 1 saturated heterocycles. The number of aliphatic carboxylic acids is 1. The zero-order chi connectivity index (χ0) is 28.3. The number of carboxylic acids is 1. The Balaban J connectivity index is 1.42. The molecule has 1 aliphatic heterocycles. The topological polar surface area (TPSA) is 161 Å². The Morgan fingerprint density at radius 1 is 1.05 bits per heavy atom. The van der Waals surface area contributed by atoms with Crippen LogP contribution in [0.2, 0.25) is 0 Å². The Morgan fingerprint density at radius 2 is 1.73 bits per heavy atom. The average Bonchev–Trinajstić information content (AvgIpc) is 3.74. The first-order valence-corrected chi connectivity index (χ1v) is 15.1. The Morgan fingerprint density at radius 3 is 2.33 bits per heavy atom. The minimum atomic E-state index is -3.51. The largest absolute Gasteiger partial charge is 0.478 e. The lowest BCUT2D eigenvalue weighted by Gasteiger charge is -2.34. The maximum absolute atomic E-state index is 13.7. The van der Waals surface area contributed by atoms with E-state index in [-0.39, 0.29) is 22.2 Å². The van der Waals surface area contributed by atoms with Crippen LogP contribution in [0.3, 0.4) is 0 Å². The van der Waals surface area contributed by atoms with Gasteiger partial charge in [0.05, 0.1) is 29.1 Å². The highest BCUT2D eigenvalue weighted by molar-refractivity contribution is 7.92. The van der Waals surface area contributed by atoms with Gasteiger partial charge in [0, 0.05) is 18.8 Å². The number of nitrogens with one attached hydrogen (secondary N) is 1. The number of ether oxygens (including phenoxy) is 3. The summed E-state index contributed by atoms with van der Waals surface area (Å²) in [5, 5.41) is 22.2. The molecule has 3 aromatic rings. The predicted octanol–water partition coefficient (Wildman–Crippen LogP) is 3.48. The summed E-state index contributed by atoms with van der Waals surface area (Å²) in [6.07, 6.45) is 2.77. The van der Waals surface area contributed by atoms with E-state index in [0.717, 1.165) is 16.9 Å². The molecule has 1 saturated carbocycles. The van der Waals surface area contributed by atoms with Crippen molar-refractivity contribution in [2.75, 3.05) is 18.5 Å². The zero-order valence-corrected chi connectivity index (χ0v) is 22.9. The van der Waals surface area contributed by atoms with Crippen molar-refractivity contribution in [1.82, 2.24) is 4.98 Å². The van der Waals surface area contributed by atoms with Gasteiger partial charge in [-0.05, 0) is 55.5 Å². The van der Waals surface area contributed by atoms with E-state index in [4.69, 9.17) is 14.2 Å². The number of amides is 1. The van der Waals surface area contributed by atoms with Gasteiger partial charge in [0.15, 0.2) is 15.0 Å². The Bertz CT molecular complexity index is 1460. The molecular formula is C27H28N2O9S2. The Labute approximate surface area is 234 Å². The van der Waals surface area contributed by atoms with E-state index in [9.17, 15) is 28.2 Å². The maximum atomic E-state index is 13.7. The van der Waals surface area contributed by atoms with Gasteiger partial charge >= 0.3 is 5.97 Å². The summed E-state index contributed by atoms with van der Waals surface area (Å²) in [7, 11) is -3.51. The molecule has 1 amide bonds. The molecule has 2 fully saturated rings. The first-order valence-electron chi connectivity index (χ1n) is 12.7. The molecule has 13 heteroatoms.